The number of hydrogen-bond acceptors (Lipinski definition) is 5. The summed E-state index contributed by atoms with van der Waals surface area (Å²) in [6, 6.07) is 10.7. The normalized spacial score (nSPS) is 15.3. The van der Waals surface area contributed by atoms with Crippen molar-refractivity contribution in [2.24, 2.45) is 7.05 Å². The number of halogens is 2. The van der Waals surface area contributed by atoms with Gasteiger partial charge in [0.25, 0.3) is 12.3 Å². The van der Waals surface area contributed by atoms with Crippen molar-refractivity contribution in [3.63, 3.8) is 0 Å². The van der Waals surface area contributed by atoms with Crippen LogP contribution in [0.3, 0.4) is 0 Å². The monoisotopic (exact) mass is 341 g/mol. The van der Waals surface area contributed by atoms with Crippen molar-refractivity contribution in [2.75, 3.05) is 0 Å². The van der Waals surface area contributed by atoms with Crippen LogP contribution in [0.25, 0.3) is 11.6 Å². The zero-order valence-corrected chi connectivity index (χ0v) is 13.3. The lowest BCUT2D eigenvalue weighted by atomic mass is 9.91. The molecule has 0 radical (unpaired) electrons. The topological polar surface area (TPSA) is 80.5 Å². The Morgan fingerprint density at radius 3 is 2.72 bits per heavy atom. The van der Waals surface area contributed by atoms with Gasteiger partial charge in [0.1, 0.15) is 5.69 Å². The summed E-state index contributed by atoms with van der Waals surface area (Å²) in [6.45, 7) is 0. The molecule has 0 aliphatic heterocycles. The van der Waals surface area contributed by atoms with Crippen LogP contribution >= 0.6 is 0 Å². The average Bonchev–Trinajstić information content (AvgIpc) is 3.08. The van der Waals surface area contributed by atoms with Crippen molar-refractivity contribution >= 4 is 0 Å². The zero-order valence-electron chi connectivity index (χ0n) is 13.3. The summed E-state index contributed by atoms with van der Waals surface area (Å²) in [5, 5.41) is 17.4. The predicted octanol–water partition coefficient (Wildman–Crippen LogP) is 3.36. The second-order valence-electron chi connectivity index (χ2n) is 6.04. The van der Waals surface area contributed by atoms with E-state index in [1.54, 1.807) is 12.1 Å². The molecule has 1 aliphatic carbocycles. The Kier molecular flexibility index (Phi) is 3.39. The molecule has 8 heteroatoms. The molecule has 1 fully saturated rings. The van der Waals surface area contributed by atoms with Crippen LogP contribution in [0.4, 0.5) is 8.78 Å². The number of rotatable bonds is 4. The van der Waals surface area contributed by atoms with E-state index in [0.29, 0.717) is 11.4 Å². The van der Waals surface area contributed by atoms with Crippen LogP contribution in [-0.2, 0) is 12.5 Å². The molecular formula is C17H13F2N5O. The smallest absolute Gasteiger partial charge is 0.280 e. The van der Waals surface area contributed by atoms with Gasteiger partial charge in [-0.1, -0.05) is 23.4 Å². The summed E-state index contributed by atoms with van der Waals surface area (Å²) < 4.78 is 32.2. The van der Waals surface area contributed by atoms with Crippen LogP contribution in [0.5, 0.6) is 0 Å². The maximum absolute atomic E-state index is 12.9. The lowest BCUT2D eigenvalue weighted by Crippen LogP contribution is -2.12. The third-order valence-electron chi connectivity index (χ3n) is 4.53. The summed E-state index contributed by atoms with van der Waals surface area (Å²) in [4.78, 5) is 4.37. The molecule has 0 unspecified atom stereocenters. The molecule has 2 heterocycles. The molecule has 1 aliphatic rings. The van der Waals surface area contributed by atoms with Crippen molar-refractivity contribution in [3.8, 4) is 17.7 Å². The number of aryl methyl sites for hydroxylation is 1. The Bertz CT molecular complexity index is 981. The van der Waals surface area contributed by atoms with E-state index in [9.17, 15) is 14.0 Å². The van der Waals surface area contributed by atoms with Crippen molar-refractivity contribution in [3.05, 3.63) is 53.0 Å². The van der Waals surface area contributed by atoms with E-state index in [1.165, 1.54) is 13.1 Å². The fourth-order valence-corrected chi connectivity index (χ4v) is 3.05. The first-order valence-electron chi connectivity index (χ1n) is 7.71. The maximum atomic E-state index is 12.9. The molecule has 0 N–H and O–H groups in total. The minimum atomic E-state index is -2.63. The van der Waals surface area contributed by atoms with Gasteiger partial charge < -0.3 is 4.52 Å². The highest BCUT2D eigenvalue weighted by atomic mass is 19.3. The van der Waals surface area contributed by atoms with Gasteiger partial charge in [-0.3, -0.25) is 4.68 Å². The molecule has 6 nitrogen and oxygen atoms in total. The largest absolute Gasteiger partial charge is 0.332 e. The van der Waals surface area contributed by atoms with Gasteiger partial charge >= 0.3 is 0 Å². The number of aromatic nitrogens is 4. The first kappa shape index (κ1) is 15.4. The third kappa shape index (κ3) is 2.39. The Balaban J connectivity index is 1.73. The van der Waals surface area contributed by atoms with E-state index in [1.807, 2.05) is 12.1 Å². The minimum Gasteiger partial charge on any atom is -0.332 e. The molecule has 0 amide bonds. The van der Waals surface area contributed by atoms with Gasteiger partial charge in [0.2, 0.25) is 0 Å². The number of alkyl halides is 2. The second kappa shape index (κ2) is 5.48. The van der Waals surface area contributed by atoms with Gasteiger partial charge in [-0.2, -0.15) is 15.3 Å². The first-order valence-corrected chi connectivity index (χ1v) is 7.71. The second-order valence-corrected chi connectivity index (χ2v) is 6.04. The molecule has 3 aromatic rings. The van der Waals surface area contributed by atoms with Gasteiger partial charge in [-0.15, -0.1) is 0 Å². The van der Waals surface area contributed by atoms with Crippen molar-refractivity contribution in [1.29, 1.82) is 5.26 Å². The van der Waals surface area contributed by atoms with E-state index < -0.39 is 11.8 Å². The summed E-state index contributed by atoms with van der Waals surface area (Å²) >= 11 is 0. The Hall–Kier alpha value is -3.08. The van der Waals surface area contributed by atoms with E-state index >= 15 is 0 Å². The van der Waals surface area contributed by atoms with Crippen LogP contribution in [0.1, 0.15) is 41.9 Å². The molecule has 0 bridgehead atoms. The molecule has 126 valence electrons. The van der Waals surface area contributed by atoms with E-state index in [2.05, 4.69) is 21.3 Å². The molecule has 25 heavy (non-hydrogen) atoms. The minimum absolute atomic E-state index is 0.0956. The molecular weight excluding hydrogens is 328 g/mol. The van der Waals surface area contributed by atoms with Crippen molar-refractivity contribution in [1.82, 2.24) is 19.9 Å². The van der Waals surface area contributed by atoms with E-state index in [4.69, 9.17) is 4.52 Å². The highest BCUT2D eigenvalue weighted by molar-refractivity contribution is 5.52. The van der Waals surface area contributed by atoms with Crippen LogP contribution in [0.15, 0.2) is 34.9 Å². The van der Waals surface area contributed by atoms with Crippen molar-refractivity contribution in [2.45, 2.75) is 24.7 Å². The number of benzene rings is 1. The highest BCUT2D eigenvalue weighted by Gasteiger charge is 2.51. The van der Waals surface area contributed by atoms with Crippen LogP contribution in [-0.4, -0.2) is 19.9 Å². The van der Waals surface area contributed by atoms with E-state index in [-0.39, 0.29) is 17.3 Å². The molecule has 2 aromatic heterocycles. The fraction of sp³-hybridized carbons (Fsp3) is 0.294. The number of nitrogens with zero attached hydrogens (tertiary/aromatic N) is 5. The van der Waals surface area contributed by atoms with Gasteiger partial charge in [0.05, 0.1) is 17.0 Å². The average molecular weight is 341 g/mol. The summed E-state index contributed by atoms with van der Waals surface area (Å²) in [7, 11) is 1.44. The summed E-state index contributed by atoms with van der Waals surface area (Å²) in [5.74, 6) is 0.549. The third-order valence-corrected chi connectivity index (χ3v) is 4.53. The predicted molar refractivity (Wildman–Crippen MR) is 82.6 cm³/mol. The summed E-state index contributed by atoms with van der Waals surface area (Å²) in [5.41, 5.74) is 0.976. The fourth-order valence-electron chi connectivity index (χ4n) is 3.05. The van der Waals surface area contributed by atoms with E-state index in [0.717, 1.165) is 23.1 Å². The SMILES string of the molecule is Cn1nc(-c2nc(C3(c4ccccc4C#N)CC3)no2)cc1C(F)F. The molecule has 4 rings (SSSR count). The quantitative estimate of drug-likeness (QED) is 0.727. The molecule has 1 aromatic carbocycles. The highest BCUT2D eigenvalue weighted by Crippen LogP contribution is 2.53. The maximum Gasteiger partial charge on any atom is 0.280 e. The Morgan fingerprint density at radius 2 is 2.08 bits per heavy atom. The molecule has 0 atom stereocenters. The van der Waals surface area contributed by atoms with Crippen LogP contribution < -0.4 is 0 Å². The van der Waals surface area contributed by atoms with Crippen LogP contribution in [0, 0.1) is 11.3 Å². The molecule has 1 saturated carbocycles. The van der Waals surface area contributed by atoms with Gasteiger partial charge in [0, 0.05) is 7.05 Å². The molecule has 0 spiro atoms. The Morgan fingerprint density at radius 1 is 1.32 bits per heavy atom. The summed E-state index contributed by atoms with van der Waals surface area (Å²) in [6.07, 6.45) is -1.03. The van der Waals surface area contributed by atoms with Gasteiger partial charge in [0.15, 0.2) is 11.5 Å². The van der Waals surface area contributed by atoms with Gasteiger partial charge in [-0.05, 0) is 30.5 Å². The zero-order chi connectivity index (χ0) is 17.6. The first-order chi connectivity index (χ1) is 12.0. The number of hydrogen-bond donors (Lipinski definition) is 0. The van der Waals surface area contributed by atoms with Crippen molar-refractivity contribution < 1.29 is 13.3 Å². The van der Waals surface area contributed by atoms with Crippen LogP contribution in [0.2, 0.25) is 0 Å². The lowest BCUT2D eigenvalue weighted by molar-refractivity contribution is 0.141. The lowest BCUT2D eigenvalue weighted by Gasteiger charge is -2.12. The van der Waals surface area contributed by atoms with Gasteiger partial charge in [-0.25, -0.2) is 8.78 Å². The standard InChI is InChI=1S/C17H13F2N5O/c1-24-13(14(18)19)8-12(22-24)15-21-16(23-25-15)17(6-7-17)11-5-3-2-4-10(11)9-20/h2-5,8,14H,6-7H2,1H3. The number of nitriles is 1. The Labute approximate surface area is 141 Å². The molecule has 0 saturated heterocycles.